The molecule has 1 aromatic carbocycles. The van der Waals surface area contributed by atoms with Crippen LogP contribution in [0.4, 0.5) is 5.69 Å². The molecule has 184 valence electrons. The molecule has 2 unspecified atom stereocenters. The van der Waals surface area contributed by atoms with E-state index in [1.54, 1.807) is 25.1 Å². The molecule has 3 heterocycles. The van der Waals surface area contributed by atoms with E-state index < -0.39 is 52.9 Å². The van der Waals surface area contributed by atoms with E-state index in [2.05, 4.69) is 6.58 Å². The summed E-state index contributed by atoms with van der Waals surface area (Å²) in [5.74, 6) is -4.06. The zero-order chi connectivity index (χ0) is 25.0. The van der Waals surface area contributed by atoms with Gasteiger partial charge in [0.25, 0.3) is 5.91 Å². The number of amides is 2. The van der Waals surface area contributed by atoms with Crippen molar-refractivity contribution in [2.75, 3.05) is 18.1 Å². The average Bonchev–Trinajstić information content (AvgIpc) is 3.35. The number of aliphatic hydroxyl groups excluding tert-OH is 1. The maximum atomic E-state index is 14.4. The summed E-state index contributed by atoms with van der Waals surface area (Å²) in [5, 5.41) is 20.5. The minimum Gasteiger partial charge on any atom is -0.481 e. The summed E-state index contributed by atoms with van der Waals surface area (Å²) in [7, 11) is 0. The van der Waals surface area contributed by atoms with Crippen LogP contribution in [0, 0.1) is 18.8 Å². The Hall–Kier alpha value is -2.42. The van der Waals surface area contributed by atoms with Crippen molar-refractivity contribution in [3.63, 3.8) is 0 Å². The van der Waals surface area contributed by atoms with Crippen molar-refractivity contribution < 1.29 is 29.3 Å². The number of benzene rings is 1. The summed E-state index contributed by atoms with van der Waals surface area (Å²) in [6.07, 6.45) is 2.78. The molecule has 4 rings (SSSR count). The highest BCUT2D eigenvalue weighted by Gasteiger charge is 2.78. The Bertz CT molecular complexity index is 1020. The van der Waals surface area contributed by atoms with Crippen LogP contribution in [-0.4, -0.2) is 69.3 Å². The van der Waals surface area contributed by atoms with Gasteiger partial charge >= 0.3 is 5.97 Å². The molecule has 2 N–H and O–H groups in total. The Kier molecular flexibility index (Phi) is 6.29. The molecule has 1 aromatic rings. The monoisotopic (exact) mass is 490 g/mol. The molecule has 2 amide bonds. The standard InChI is InChI=1S/C25H31ClN2O6/c1-5-12-27(19-14(3)8-7-9-16(19)26)22(31)20-25-11-10-24(4,34-25)18(23(32)33)17(25)21(30)28(20)15(6-2)13-29/h5,7-9,15,17-18,20,29H,1,6,10-13H2,2-4H3,(H,32,33)/t15-,17-,18-,20?,24+,25?/m0/s1. The molecular weight excluding hydrogens is 460 g/mol. The lowest BCUT2D eigenvalue weighted by molar-refractivity contribution is -0.155. The smallest absolute Gasteiger partial charge is 0.310 e. The molecule has 0 radical (unpaired) electrons. The lowest BCUT2D eigenvalue weighted by Gasteiger charge is -2.39. The number of aliphatic hydroxyl groups is 1. The summed E-state index contributed by atoms with van der Waals surface area (Å²) in [4.78, 5) is 43.3. The number of carboxylic acids is 1. The SMILES string of the molecule is C=CCN(C(=O)C1N([C@@H](CC)CO)C(=O)[C@@H]2[C@@H](C(=O)O)[C@@]3(C)CCC12O3)c1c(C)cccc1Cl. The summed E-state index contributed by atoms with van der Waals surface area (Å²) < 4.78 is 6.41. The Morgan fingerprint density at radius 1 is 1.41 bits per heavy atom. The highest BCUT2D eigenvalue weighted by atomic mass is 35.5. The topological polar surface area (TPSA) is 107 Å². The normalized spacial score (nSPS) is 32.6. The van der Waals surface area contributed by atoms with Crippen LogP contribution in [0.25, 0.3) is 0 Å². The number of carbonyl (C=O) groups is 3. The van der Waals surface area contributed by atoms with Crippen molar-refractivity contribution in [2.45, 2.75) is 63.3 Å². The third-order valence-corrected chi connectivity index (χ3v) is 8.13. The summed E-state index contributed by atoms with van der Waals surface area (Å²) in [5.41, 5.74) is -1.05. The van der Waals surface area contributed by atoms with E-state index in [0.29, 0.717) is 30.0 Å². The molecule has 0 aromatic heterocycles. The first kappa shape index (κ1) is 24.7. The lowest BCUT2D eigenvalue weighted by Crippen LogP contribution is -2.59. The minimum atomic E-state index is -1.29. The number of aryl methyl sites for hydroxylation is 1. The molecule has 2 bridgehead atoms. The van der Waals surface area contributed by atoms with Crippen molar-refractivity contribution in [3.8, 4) is 0 Å². The van der Waals surface area contributed by atoms with E-state index in [-0.39, 0.29) is 13.2 Å². The number of halogens is 1. The fraction of sp³-hybridized carbons (Fsp3) is 0.560. The third kappa shape index (κ3) is 3.30. The van der Waals surface area contributed by atoms with Gasteiger partial charge < -0.3 is 24.7 Å². The van der Waals surface area contributed by atoms with Crippen LogP contribution >= 0.6 is 11.6 Å². The van der Waals surface area contributed by atoms with E-state index in [0.717, 1.165) is 5.56 Å². The largest absolute Gasteiger partial charge is 0.481 e. The first-order valence-electron chi connectivity index (χ1n) is 11.6. The van der Waals surface area contributed by atoms with Gasteiger partial charge in [-0.1, -0.05) is 36.7 Å². The number of likely N-dealkylation sites (tertiary alicyclic amines) is 1. The van der Waals surface area contributed by atoms with Crippen molar-refractivity contribution >= 4 is 35.1 Å². The van der Waals surface area contributed by atoms with Crippen LogP contribution < -0.4 is 4.90 Å². The van der Waals surface area contributed by atoms with Crippen LogP contribution in [0.2, 0.25) is 5.02 Å². The Morgan fingerprint density at radius 2 is 2.12 bits per heavy atom. The highest BCUT2D eigenvalue weighted by molar-refractivity contribution is 6.34. The Morgan fingerprint density at radius 3 is 2.68 bits per heavy atom. The predicted molar refractivity (Wildman–Crippen MR) is 127 cm³/mol. The number of hydrogen-bond acceptors (Lipinski definition) is 5. The second-order valence-electron chi connectivity index (χ2n) is 9.70. The Balaban J connectivity index is 1.89. The third-order valence-electron chi connectivity index (χ3n) is 7.83. The van der Waals surface area contributed by atoms with E-state index in [9.17, 15) is 24.6 Å². The molecule has 3 aliphatic heterocycles. The number of ether oxygens (including phenoxy) is 1. The molecular formula is C25H31ClN2O6. The molecule has 3 saturated heterocycles. The molecule has 9 heteroatoms. The van der Waals surface area contributed by atoms with Crippen molar-refractivity contribution in [3.05, 3.63) is 41.4 Å². The first-order chi connectivity index (χ1) is 16.1. The highest BCUT2D eigenvalue weighted by Crippen LogP contribution is 2.63. The van der Waals surface area contributed by atoms with Crippen molar-refractivity contribution in [2.24, 2.45) is 11.8 Å². The molecule has 8 nitrogen and oxygen atoms in total. The maximum absolute atomic E-state index is 14.4. The number of carboxylic acid groups (broad SMARTS) is 1. The van der Waals surface area contributed by atoms with Crippen LogP contribution in [0.1, 0.15) is 38.7 Å². The van der Waals surface area contributed by atoms with Gasteiger partial charge in [-0.3, -0.25) is 14.4 Å². The van der Waals surface area contributed by atoms with E-state index in [1.807, 2.05) is 19.9 Å². The number of carbonyl (C=O) groups excluding carboxylic acids is 2. The molecule has 1 spiro atoms. The van der Waals surface area contributed by atoms with E-state index >= 15 is 0 Å². The quantitative estimate of drug-likeness (QED) is 0.542. The van der Waals surface area contributed by atoms with E-state index in [4.69, 9.17) is 16.3 Å². The average molecular weight is 491 g/mol. The zero-order valence-corrected chi connectivity index (χ0v) is 20.4. The van der Waals surface area contributed by atoms with Crippen LogP contribution in [0.3, 0.4) is 0 Å². The number of para-hydroxylation sites is 1. The minimum absolute atomic E-state index is 0.137. The molecule has 34 heavy (non-hydrogen) atoms. The maximum Gasteiger partial charge on any atom is 0.310 e. The fourth-order valence-corrected chi connectivity index (χ4v) is 6.68. The molecule has 3 aliphatic rings. The summed E-state index contributed by atoms with van der Waals surface area (Å²) in [6, 6.07) is 3.57. The summed E-state index contributed by atoms with van der Waals surface area (Å²) >= 11 is 6.51. The second kappa shape index (κ2) is 8.66. The van der Waals surface area contributed by atoms with Crippen LogP contribution in [0.15, 0.2) is 30.9 Å². The number of hydrogen-bond donors (Lipinski definition) is 2. The van der Waals surface area contributed by atoms with E-state index in [1.165, 1.54) is 9.80 Å². The van der Waals surface area contributed by atoms with Gasteiger partial charge in [0.1, 0.15) is 11.6 Å². The van der Waals surface area contributed by atoms with Crippen LogP contribution in [0.5, 0.6) is 0 Å². The van der Waals surface area contributed by atoms with Crippen molar-refractivity contribution in [1.29, 1.82) is 0 Å². The van der Waals surface area contributed by atoms with Gasteiger partial charge in [0, 0.05) is 6.54 Å². The van der Waals surface area contributed by atoms with Gasteiger partial charge in [0.05, 0.1) is 40.8 Å². The fourth-order valence-electron chi connectivity index (χ4n) is 6.36. The number of rotatable bonds is 8. The van der Waals surface area contributed by atoms with Gasteiger partial charge in [0.2, 0.25) is 5.91 Å². The van der Waals surface area contributed by atoms with Gasteiger partial charge in [0.15, 0.2) is 0 Å². The molecule has 6 atom stereocenters. The molecule has 3 fully saturated rings. The van der Waals surface area contributed by atoms with Crippen molar-refractivity contribution in [1.82, 2.24) is 4.90 Å². The number of fused-ring (bicyclic) bond motifs is 1. The van der Waals surface area contributed by atoms with Gasteiger partial charge in [-0.05, 0) is 44.7 Å². The first-order valence-corrected chi connectivity index (χ1v) is 12.0. The van der Waals surface area contributed by atoms with Crippen LogP contribution in [-0.2, 0) is 19.1 Å². The Labute approximate surface area is 204 Å². The zero-order valence-electron chi connectivity index (χ0n) is 19.7. The van der Waals surface area contributed by atoms with Gasteiger partial charge in [-0.25, -0.2) is 0 Å². The van der Waals surface area contributed by atoms with Gasteiger partial charge in [-0.15, -0.1) is 6.58 Å². The second-order valence-corrected chi connectivity index (χ2v) is 10.1. The molecule has 0 aliphatic carbocycles. The van der Waals surface area contributed by atoms with Gasteiger partial charge in [-0.2, -0.15) is 0 Å². The number of anilines is 1. The number of aliphatic carboxylic acids is 1. The summed E-state index contributed by atoms with van der Waals surface area (Å²) in [6.45, 7) is 8.94. The molecule has 0 saturated carbocycles. The predicted octanol–water partition coefficient (Wildman–Crippen LogP) is 2.79. The lowest BCUT2D eigenvalue weighted by atomic mass is 9.66. The number of nitrogens with zero attached hydrogens (tertiary/aromatic N) is 2.